The van der Waals surface area contributed by atoms with Crippen molar-refractivity contribution in [3.05, 3.63) is 23.9 Å². The summed E-state index contributed by atoms with van der Waals surface area (Å²) in [5.74, 6) is -0.794. The highest BCUT2D eigenvalue weighted by molar-refractivity contribution is 6.45. The maximum atomic E-state index is 13.1. The zero-order chi connectivity index (χ0) is 24.8. The first-order chi connectivity index (χ1) is 16.2. The molecule has 10 nitrogen and oxygen atoms in total. The monoisotopic (exact) mass is 471 g/mol. The van der Waals surface area contributed by atoms with Gasteiger partial charge in [-0.25, -0.2) is 4.98 Å². The van der Waals surface area contributed by atoms with Crippen LogP contribution in [0.15, 0.2) is 18.3 Å². The Morgan fingerprint density at radius 2 is 2.00 bits per heavy atom. The third kappa shape index (κ3) is 5.78. The van der Waals surface area contributed by atoms with Gasteiger partial charge in [0.05, 0.1) is 19.6 Å². The van der Waals surface area contributed by atoms with Crippen LogP contribution in [0.25, 0.3) is 0 Å². The fourth-order valence-electron chi connectivity index (χ4n) is 4.73. The molecule has 0 radical (unpaired) electrons. The second kappa shape index (κ2) is 11.2. The number of aromatic nitrogens is 1. The summed E-state index contributed by atoms with van der Waals surface area (Å²) in [6.07, 6.45) is 4.89. The Morgan fingerprint density at radius 3 is 2.68 bits per heavy atom. The number of carbonyl (C=O) groups is 4. The molecular weight excluding hydrogens is 438 g/mol. The molecule has 0 spiro atoms. The number of carbonyl (C=O) groups excluding carboxylic acids is 4. The van der Waals surface area contributed by atoms with E-state index in [1.165, 1.54) is 20.2 Å². The summed E-state index contributed by atoms with van der Waals surface area (Å²) in [6.45, 7) is 3.73. The Hall–Kier alpha value is -3.30. The number of hydrogen-bond donors (Lipinski definition) is 3. The van der Waals surface area contributed by atoms with Crippen LogP contribution in [0.2, 0.25) is 0 Å². The van der Waals surface area contributed by atoms with Crippen LogP contribution in [0.3, 0.4) is 0 Å². The smallest absolute Gasteiger partial charge is 0.308 e. The Kier molecular flexibility index (Phi) is 8.36. The topological polar surface area (TPSA) is 142 Å². The van der Waals surface area contributed by atoms with Gasteiger partial charge in [0.25, 0.3) is 0 Å². The highest BCUT2D eigenvalue weighted by atomic mass is 16.5. The van der Waals surface area contributed by atoms with Crippen molar-refractivity contribution in [2.24, 2.45) is 11.8 Å². The van der Waals surface area contributed by atoms with Crippen LogP contribution >= 0.6 is 0 Å². The number of amides is 2. The average Bonchev–Trinajstić information content (AvgIpc) is 3.49. The predicted octanol–water partition coefficient (Wildman–Crippen LogP) is 1.54. The van der Waals surface area contributed by atoms with Crippen molar-refractivity contribution >= 4 is 35.1 Å². The van der Waals surface area contributed by atoms with Crippen molar-refractivity contribution in [1.29, 1.82) is 5.41 Å². The highest BCUT2D eigenvalue weighted by Gasteiger charge is 2.40. The van der Waals surface area contributed by atoms with Crippen molar-refractivity contribution in [3.63, 3.8) is 0 Å². The molecule has 3 rings (SSSR count). The lowest BCUT2D eigenvalue weighted by Gasteiger charge is -2.26. The van der Waals surface area contributed by atoms with Crippen LogP contribution in [0.4, 0.5) is 5.82 Å². The molecule has 4 unspecified atom stereocenters. The molecule has 4 atom stereocenters. The summed E-state index contributed by atoms with van der Waals surface area (Å²) < 4.78 is 4.82. The summed E-state index contributed by atoms with van der Waals surface area (Å²) in [7, 11) is 1.37. The van der Waals surface area contributed by atoms with Crippen molar-refractivity contribution in [3.8, 4) is 0 Å². The molecule has 1 aromatic rings. The van der Waals surface area contributed by atoms with Crippen molar-refractivity contribution < 1.29 is 23.9 Å². The number of likely N-dealkylation sites (tertiary alicyclic amines) is 1. The van der Waals surface area contributed by atoms with Crippen LogP contribution in [0, 0.1) is 17.2 Å². The molecule has 0 bridgehead atoms. The minimum absolute atomic E-state index is 0.108. The molecule has 184 valence electrons. The van der Waals surface area contributed by atoms with Crippen molar-refractivity contribution in [2.75, 3.05) is 25.5 Å². The minimum atomic E-state index is -0.574. The first kappa shape index (κ1) is 25.3. The van der Waals surface area contributed by atoms with E-state index >= 15 is 0 Å². The highest BCUT2D eigenvalue weighted by Crippen LogP contribution is 2.29. The number of anilines is 1. The Balaban J connectivity index is 1.64. The first-order valence-corrected chi connectivity index (χ1v) is 11.7. The zero-order valence-corrected chi connectivity index (χ0v) is 19.9. The molecule has 1 aliphatic heterocycles. The molecule has 10 heteroatoms. The fourth-order valence-corrected chi connectivity index (χ4v) is 4.73. The molecule has 1 aliphatic carbocycles. The standard InChI is InChI=1S/C24H33N5O5/c1-4-15-10-19(23(32)28-17-8-7-16(11-17)24(33)34-3)29(13-15)20(31)12-27-22-18(6-5-9-26-22)21(25)14(2)30/h5-6,9,15-17,19,25H,4,7-8,10-13H2,1-3H3,(H,26,27)(H,28,32). The van der Waals surface area contributed by atoms with Gasteiger partial charge < -0.3 is 20.3 Å². The molecule has 34 heavy (non-hydrogen) atoms. The SMILES string of the molecule is CCC1CC(C(=O)NC2CCC(C(=O)OC)C2)N(C(=O)CNc2ncccc2C(=N)C(C)=O)C1. The molecule has 1 saturated heterocycles. The number of Topliss-reactive ketones (excluding diaryl/α,β-unsaturated/α-hetero) is 1. The van der Waals surface area contributed by atoms with Crippen LogP contribution in [-0.4, -0.2) is 71.4 Å². The van der Waals surface area contributed by atoms with E-state index in [0.717, 1.165) is 6.42 Å². The lowest BCUT2D eigenvalue weighted by molar-refractivity contribution is -0.145. The molecule has 2 fully saturated rings. The van der Waals surface area contributed by atoms with Crippen LogP contribution < -0.4 is 10.6 Å². The first-order valence-electron chi connectivity index (χ1n) is 11.7. The van der Waals surface area contributed by atoms with E-state index < -0.39 is 11.8 Å². The van der Waals surface area contributed by atoms with E-state index in [4.69, 9.17) is 10.1 Å². The molecule has 2 aliphatic rings. The van der Waals surface area contributed by atoms with E-state index in [9.17, 15) is 19.2 Å². The predicted molar refractivity (Wildman–Crippen MR) is 125 cm³/mol. The largest absolute Gasteiger partial charge is 0.469 e. The van der Waals surface area contributed by atoms with Crippen LogP contribution in [0.1, 0.15) is 51.5 Å². The number of ketones is 1. The molecule has 0 aromatic carbocycles. The lowest BCUT2D eigenvalue weighted by atomic mass is 10.0. The second-order valence-corrected chi connectivity index (χ2v) is 8.99. The van der Waals surface area contributed by atoms with E-state index in [1.807, 2.05) is 6.92 Å². The zero-order valence-electron chi connectivity index (χ0n) is 19.9. The number of nitrogens with one attached hydrogen (secondary N) is 3. The number of hydrogen-bond acceptors (Lipinski definition) is 8. The number of esters is 1. The Bertz CT molecular complexity index is 965. The molecule has 3 N–H and O–H groups in total. The van der Waals surface area contributed by atoms with Gasteiger partial charge in [0.1, 0.15) is 17.6 Å². The van der Waals surface area contributed by atoms with Crippen molar-refractivity contribution in [1.82, 2.24) is 15.2 Å². The Labute approximate surface area is 199 Å². The van der Waals surface area contributed by atoms with E-state index in [-0.39, 0.29) is 53.7 Å². The summed E-state index contributed by atoms with van der Waals surface area (Å²) in [5.41, 5.74) is 0.140. The number of nitrogens with zero attached hydrogens (tertiary/aromatic N) is 2. The van der Waals surface area contributed by atoms with Crippen molar-refractivity contribution in [2.45, 2.75) is 58.0 Å². The van der Waals surface area contributed by atoms with Gasteiger partial charge in [-0.2, -0.15) is 0 Å². The van der Waals surface area contributed by atoms with Gasteiger partial charge >= 0.3 is 5.97 Å². The maximum Gasteiger partial charge on any atom is 0.308 e. The average molecular weight is 472 g/mol. The molecule has 2 amide bonds. The van der Waals surface area contributed by atoms with Gasteiger partial charge in [0.2, 0.25) is 11.8 Å². The summed E-state index contributed by atoms with van der Waals surface area (Å²) in [4.78, 5) is 55.4. The second-order valence-electron chi connectivity index (χ2n) is 8.99. The van der Waals surface area contributed by atoms with E-state index in [0.29, 0.717) is 37.8 Å². The van der Waals surface area contributed by atoms with Gasteiger partial charge in [-0.05, 0) is 43.7 Å². The van der Waals surface area contributed by atoms with Gasteiger partial charge in [0.15, 0.2) is 5.78 Å². The van der Waals surface area contributed by atoms with Gasteiger partial charge in [-0.15, -0.1) is 0 Å². The number of rotatable bonds is 9. The van der Waals surface area contributed by atoms with Crippen LogP contribution in [0.5, 0.6) is 0 Å². The molecular formula is C24H33N5O5. The van der Waals surface area contributed by atoms with Crippen LogP contribution in [-0.2, 0) is 23.9 Å². The van der Waals surface area contributed by atoms with Gasteiger partial charge in [-0.3, -0.25) is 24.6 Å². The fraction of sp³-hybridized carbons (Fsp3) is 0.583. The number of methoxy groups -OCH3 is 1. The molecule has 1 saturated carbocycles. The summed E-state index contributed by atoms with van der Waals surface area (Å²) in [5, 5.41) is 13.9. The number of pyridine rings is 1. The summed E-state index contributed by atoms with van der Waals surface area (Å²) >= 11 is 0. The normalized spacial score (nSPS) is 23.9. The maximum absolute atomic E-state index is 13.1. The lowest BCUT2D eigenvalue weighted by Crippen LogP contribution is -2.49. The van der Waals surface area contributed by atoms with Gasteiger partial charge in [-0.1, -0.05) is 13.3 Å². The molecule has 1 aromatic heterocycles. The van der Waals surface area contributed by atoms with Gasteiger partial charge in [0, 0.05) is 31.3 Å². The van der Waals surface area contributed by atoms with E-state index in [2.05, 4.69) is 15.6 Å². The third-order valence-electron chi connectivity index (χ3n) is 6.74. The molecule has 2 heterocycles. The summed E-state index contributed by atoms with van der Waals surface area (Å²) in [6, 6.07) is 2.54. The quantitative estimate of drug-likeness (QED) is 0.366. The Morgan fingerprint density at radius 1 is 1.24 bits per heavy atom. The van der Waals surface area contributed by atoms with E-state index in [1.54, 1.807) is 17.0 Å². The minimum Gasteiger partial charge on any atom is -0.469 e. The third-order valence-corrected chi connectivity index (χ3v) is 6.74. The number of ether oxygens (including phenoxy) is 1.